The van der Waals surface area contributed by atoms with Gasteiger partial charge >= 0.3 is 0 Å². The van der Waals surface area contributed by atoms with E-state index in [1.165, 1.54) is 0 Å². The van der Waals surface area contributed by atoms with Crippen molar-refractivity contribution in [2.45, 2.75) is 32.9 Å². The van der Waals surface area contributed by atoms with E-state index in [4.69, 9.17) is 0 Å². The Morgan fingerprint density at radius 3 is 2.58 bits per heavy atom. The maximum Gasteiger partial charge on any atom is 0.251 e. The molecule has 2 N–H and O–H groups in total. The van der Waals surface area contributed by atoms with Crippen molar-refractivity contribution in [2.75, 3.05) is 6.54 Å². The van der Waals surface area contributed by atoms with Crippen molar-refractivity contribution in [3.8, 4) is 0 Å². The molecule has 3 aromatic rings. The molecule has 0 saturated carbocycles. The van der Waals surface area contributed by atoms with Crippen LogP contribution in [0.5, 0.6) is 0 Å². The van der Waals surface area contributed by atoms with E-state index >= 15 is 0 Å². The summed E-state index contributed by atoms with van der Waals surface area (Å²) in [5.74, 6) is 1.01. The van der Waals surface area contributed by atoms with Crippen LogP contribution in [0.4, 0.5) is 0 Å². The average molecular weight is 350 g/mol. The number of amides is 1. The van der Waals surface area contributed by atoms with Crippen molar-refractivity contribution in [1.82, 2.24) is 20.2 Å². The van der Waals surface area contributed by atoms with Gasteiger partial charge in [0.15, 0.2) is 0 Å². The van der Waals surface area contributed by atoms with Gasteiger partial charge in [-0.05, 0) is 36.2 Å². The van der Waals surface area contributed by atoms with Crippen LogP contribution >= 0.6 is 0 Å². The van der Waals surface area contributed by atoms with Crippen molar-refractivity contribution < 1.29 is 4.79 Å². The molecule has 0 saturated heterocycles. The first kappa shape index (κ1) is 18.1. The van der Waals surface area contributed by atoms with E-state index in [0.717, 1.165) is 48.4 Å². The Morgan fingerprint density at radius 1 is 1.08 bits per heavy atom. The van der Waals surface area contributed by atoms with Gasteiger partial charge < -0.3 is 15.2 Å². The molecule has 0 aliphatic carbocycles. The molecular formula is C21H26N4O. The number of benzene rings is 2. The van der Waals surface area contributed by atoms with Crippen molar-refractivity contribution >= 4 is 16.9 Å². The van der Waals surface area contributed by atoms with Crippen LogP contribution in [-0.4, -0.2) is 22.0 Å². The molecule has 136 valence electrons. The molecule has 2 aromatic carbocycles. The van der Waals surface area contributed by atoms with Gasteiger partial charge in [0.1, 0.15) is 5.82 Å². The molecule has 1 aromatic heterocycles. The first-order chi connectivity index (χ1) is 12.7. The summed E-state index contributed by atoms with van der Waals surface area (Å²) in [4.78, 5) is 16.7. The van der Waals surface area contributed by atoms with Crippen LogP contribution < -0.4 is 10.6 Å². The zero-order chi connectivity index (χ0) is 18.4. The molecular weight excluding hydrogens is 324 g/mol. The minimum atomic E-state index is -0.00217. The summed E-state index contributed by atoms with van der Waals surface area (Å²) in [5.41, 5.74) is 4.02. The fraction of sp³-hybridized carbons (Fsp3) is 0.333. The Morgan fingerprint density at radius 2 is 1.85 bits per heavy atom. The highest BCUT2D eigenvalue weighted by atomic mass is 16.1. The third kappa shape index (κ3) is 4.29. The number of fused-ring (bicyclic) bond motifs is 1. The lowest BCUT2D eigenvalue weighted by Crippen LogP contribution is -2.24. The molecule has 0 atom stereocenters. The van der Waals surface area contributed by atoms with E-state index in [1.807, 2.05) is 49.5 Å². The van der Waals surface area contributed by atoms with Gasteiger partial charge in [-0.15, -0.1) is 0 Å². The molecule has 5 nitrogen and oxygen atoms in total. The van der Waals surface area contributed by atoms with Crippen LogP contribution in [0.25, 0.3) is 11.0 Å². The van der Waals surface area contributed by atoms with E-state index in [1.54, 1.807) is 0 Å². The normalized spacial score (nSPS) is 11.0. The quantitative estimate of drug-likeness (QED) is 0.612. The topological polar surface area (TPSA) is 59.0 Å². The van der Waals surface area contributed by atoms with Gasteiger partial charge in [-0.25, -0.2) is 4.98 Å². The Hall–Kier alpha value is -2.66. The highest BCUT2D eigenvalue weighted by Crippen LogP contribution is 2.14. The monoisotopic (exact) mass is 350 g/mol. The van der Waals surface area contributed by atoms with Crippen molar-refractivity contribution in [2.24, 2.45) is 7.05 Å². The van der Waals surface area contributed by atoms with E-state index in [-0.39, 0.29) is 5.91 Å². The van der Waals surface area contributed by atoms with Gasteiger partial charge in [0.2, 0.25) is 0 Å². The smallest absolute Gasteiger partial charge is 0.251 e. The number of unbranched alkanes of at least 4 members (excludes halogenated alkanes) is 1. The molecule has 3 rings (SSSR count). The van der Waals surface area contributed by atoms with E-state index in [2.05, 4.69) is 33.2 Å². The van der Waals surface area contributed by atoms with Gasteiger partial charge in [0.05, 0.1) is 17.6 Å². The fourth-order valence-electron chi connectivity index (χ4n) is 2.93. The van der Waals surface area contributed by atoms with Crippen LogP contribution in [0, 0.1) is 0 Å². The standard InChI is InChI=1S/C21H26N4O/c1-3-4-13-23-21(26)17-11-9-16(10-12-17)14-22-15-20-24-18-7-5-6-8-19(18)25(20)2/h5-12,22H,3-4,13-15H2,1-2H3,(H,23,26). The average Bonchev–Trinajstić information content (AvgIpc) is 2.99. The molecule has 26 heavy (non-hydrogen) atoms. The zero-order valence-electron chi connectivity index (χ0n) is 15.5. The van der Waals surface area contributed by atoms with Gasteiger partial charge in [0, 0.05) is 25.7 Å². The number of carbonyl (C=O) groups excluding carboxylic acids is 1. The number of carbonyl (C=O) groups is 1. The second-order valence-electron chi connectivity index (χ2n) is 6.49. The first-order valence-corrected chi connectivity index (χ1v) is 9.17. The first-order valence-electron chi connectivity index (χ1n) is 9.17. The number of rotatable bonds is 8. The van der Waals surface area contributed by atoms with Crippen LogP contribution in [0.3, 0.4) is 0 Å². The number of nitrogens with zero attached hydrogens (tertiary/aromatic N) is 2. The summed E-state index contributed by atoms with van der Waals surface area (Å²) in [6.45, 7) is 4.28. The highest BCUT2D eigenvalue weighted by molar-refractivity contribution is 5.94. The molecule has 0 bridgehead atoms. The largest absolute Gasteiger partial charge is 0.352 e. The molecule has 0 fully saturated rings. The molecule has 0 aliphatic rings. The van der Waals surface area contributed by atoms with Crippen LogP contribution in [0.15, 0.2) is 48.5 Å². The second kappa shape index (κ2) is 8.63. The van der Waals surface area contributed by atoms with Gasteiger partial charge in [-0.1, -0.05) is 37.6 Å². The molecule has 1 heterocycles. The molecule has 0 aliphatic heterocycles. The van der Waals surface area contributed by atoms with Gasteiger partial charge in [0.25, 0.3) is 5.91 Å². The van der Waals surface area contributed by atoms with Crippen LogP contribution in [0.2, 0.25) is 0 Å². The molecule has 0 spiro atoms. The summed E-state index contributed by atoms with van der Waals surface area (Å²) in [6.07, 6.45) is 2.09. The Balaban J connectivity index is 1.53. The van der Waals surface area contributed by atoms with E-state index < -0.39 is 0 Å². The highest BCUT2D eigenvalue weighted by Gasteiger charge is 2.07. The van der Waals surface area contributed by atoms with Crippen molar-refractivity contribution in [3.05, 3.63) is 65.5 Å². The summed E-state index contributed by atoms with van der Waals surface area (Å²) < 4.78 is 2.12. The number of aryl methyl sites for hydroxylation is 1. The number of para-hydroxylation sites is 2. The predicted molar refractivity (Wildman–Crippen MR) is 105 cm³/mol. The Bertz CT molecular complexity index is 867. The van der Waals surface area contributed by atoms with Crippen molar-refractivity contribution in [3.63, 3.8) is 0 Å². The number of aromatic nitrogens is 2. The lowest BCUT2D eigenvalue weighted by atomic mass is 10.1. The minimum absolute atomic E-state index is 0.00217. The SMILES string of the molecule is CCCCNC(=O)c1ccc(CNCc2nc3ccccc3n2C)cc1. The molecule has 0 unspecified atom stereocenters. The second-order valence-corrected chi connectivity index (χ2v) is 6.49. The van der Waals surface area contributed by atoms with Crippen LogP contribution in [-0.2, 0) is 20.1 Å². The molecule has 1 amide bonds. The minimum Gasteiger partial charge on any atom is -0.352 e. The third-order valence-corrected chi connectivity index (χ3v) is 4.52. The summed E-state index contributed by atoms with van der Waals surface area (Å²) >= 11 is 0. The Labute approximate surface area is 154 Å². The van der Waals surface area contributed by atoms with Gasteiger partial charge in [-0.2, -0.15) is 0 Å². The van der Waals surface area contributed by atoms with Crippen LogP contribution in [0.1, 0.15) is 41.5 Å². The number of hydrogen-bond acceptors (Lipinski definition) is 3. The fourth-order valence-corrected chi connectivity index (χ4v) is 2.93. The van der Waals surface area contributed by atoms with E-state index in [0.29, 0.717) is 12.1 Å². The number of hydrogen-bond donors (Lipinski definition) is 2. The number of imidazole rings is 1. The Kier molecular flexibility index (Phi) is 6.02. The maximum absolute atomic E-state index is 12.0. The molecule has 5 heteroatoms. The lowest BCUT2D eigenvalue weighted by Gasteiger charge is -2.07. The summed E-state index contributed by atoms with van der Waals surface area (Å²) in [6, 6.07) is 15.9. The zero-order valence-corrected chi connectivity index (χ0v) is 15.5. The summed E-state index contributed by atoms with van der Waals surface area (Å²) in [5, 5.41) is 6.36. The maximum atomic E-state index is 12.0. The number of nitrogens with one attached hydrogen (secondary N) is 2. The predicted octanol–water partition coefficient (Wildman–Crippen LogP) is 3.39. The van der Waals surface area contributed by atoms with Gasteiger partial charge in [-0.3, -0.25) is 4.79 Å². The summed E-state index contributed by atoms with van der Waals surface area (Å²) in [7, 11) is 2.04. The third-order valence-electron chi connectivity index (χ3n) is 4.52. The lowest BCUT2D eigenvalue weighted by molar-refractivity contribution is 0.0953. The van der Waals surface area contributed by atoms with Crippen molar-refractivity contribution in [1.29, 1.82) is 0 Å². The molecule has 0 radical (unpaired) electrons. The van der Waals surface area contributed by atoms with E-state index in [9.17, 15) is 4.79 Å².